The maximum Gasteiger partial charge on any atom is 0.326 e. The van der Waals surface area contributed by atoms with Crippen LogP contribution in [0.15, 0.2) is 46.0 Å². The largest absolute Gasteiger partial charge is 0.336 e. The van der Waals surface area contributed by atoms with E-state index in [4.69, 9.17) is 0 Å². The summed E-state index contributed by atoms with van der Waals surface area (Å²) in [5.74, 6) is -0.410. The molecule has 0 aliphatic rings. The van der Waals surface area contributed by atoms with E-state index in [-0.39, 0.29) is 5.69 Å². The molecule has 0 bridgehead atoms. The summed E-state index contributed by atoms with van der Waals surface area (Å²) < 4.78 is 0. The first kappa shape index (κ1) is 12.8. The molecule has 0 aliphatic carbocycles. The normalized spacial score (nSPS) is 10.2. The van der Waals surface area contributed by atoms with Gasteiger partial charge in [-0.05, 0) is 5.56 Å². The first-order valence-corrected chi connectivity index (χ1v) is 5.69. The number of hydrogen-bond acceptors (Lipinski definition) is 3. The summed E-state index contributed by atoms with van der Waals surface area (Å²) in [5, 5.41) is 0. The summed E-state index contributed by atoms with van der Waals surface area (Å²) in [6.45, 7) is 0.397. The molecule has 2 aromatic rings. The zero-order chi connectivity index (χ0) is 13.8. The minimum Gasteiger partial charge on any atom is -0.336 e. The van der Waals surface area contributed by atoms with Crippen molar-refractivity contribution < 1.29 is 4.79 Å². The van der Waals surface area contributed by atoms with Crippen LogP contribution >= 0.6 is 0 Å². The lowest BCUT2D eigenvalue weighted by atomic mass is 10.2. The van der Waals surface area contributed by atoms with Crippen LogP contribution in [-0.2, 0) is 6.54 Å². The minimum absolute atomic E-state index is 0.0211. The highest BCUT2D eigenvalue weighted by molar-refractivity contribution is 5.91. The summed E-state index contributed by atoms with van der Waals surface area (Å²) in [4.78, 5) is 40.1. The van der Waals surface area contributed by atoms with Crippen LogP contribution in [0.25, 0.3) is 0 Å². The van der Waals surface area contributed by atoms with E-state index in [0.717, 1.165) is 11.6 Å². The van der Waals surface area contributed by atoms with Gasteiger partial charge in [0.25, 0.3) is 11.5 Å². The van der Waals surface area contributed by atoms with Crippen molar-refractivity contribution in [3.63, 3.8) is 0 Å². The number of carbonyl (C=O) groups is 1. The van der Waals surface area contributed by atoms with E-state index in [1.807, 2.05) is 35.3 Å². The third kappa shape index (κ3) is 3.19. The smallest absolute Gasteiger partial charge is 0.326 e. The molecule has 19 heavy (non-hydrogen) atoms. The van der Waals surface area contributed by atoms with Crippen molar-refractivity contribution in [2.45, 2.75) is 6.54 Å². The average Bonchev–Trinajstić information content (AvgIpc) is 2.37. The van der Waals surface area contributed by atoms with Crippen molar-refractivity contribution >= 4 is 5.91 Å². The predicted molar refractivity (Wildman–Crippen MR) is 69.9 cm³/mol. The summed E-state index contributed by atoms with van der Waals surface area (Å²) in [6, 6.07) is 10.5. The van der Waals surface area contributed by atoms with Gasteiger partial charge in [0.1, 0.15) is 5.69 Å². The Labute approximate surface area is 108 Å². The first-order valence-electron chi connectivity index (χ1n) is 5.69. The van der Waals surface area contributed by atoms with E-state index in [2.05, 4.69) is 4.98 Å². The van der Waals surface area contributed by atoms with Gasteiger partial charge in [-0.25, -0.2) is 4.79 Å². The fourth-order valence-corrected chi connectivity index (χ4v) is 1.72. The molecule has 0 aliphatic heterocycles. The second-order valence-electron chi connectivity index (χ2n) is 4.15. The molecule has 6 heteroatoms. The van der Waals surface area contributed by atoms with Crippen LogP contribution in [0.2, 0.25) is 0 Å². The molecule has 0 radical (unpaired) electrons. The molecule has 0 unspecified atom stereocenters. The van der Waals surface area contributed by atoms with Crippen LogP contribution in [0.1, 0.15) is 16.1 Å². The predicted octanol–water partition coefficient (Wildman–Crippen LogP) is 0.335. The van der Waals surface area contributed by atoms with Crippen molar-refractivity contribution in [2.24, 2.45) is 0 Å². The summed E-state index contributed by atoms with van der Waals surface area (Å²) in [7, 11) is 1.61. The Morgan fingerprint density at radius 1 is 1.16 bits per heavy atom. The van der Waals surface area contributed by atoms with Gasteiger partial charge in [-0.1, -0.05) is 30.3 Å². The van der Waals surface area contributed by atoms with Gasteiger partial charge in [0.05, 0.1) is 0 Å². The number of aromatic nitrogens is 2. The lowest BCUT2D eigenvalue weighted by Crippen LogP contribution is -2.32. The Hall–Kier alpha value is -2.63. The second-order valence-corrected chi connectivity index (χ2v) is 4.15. The molecule has 0 saturated heterocycles. The zero-order valence-electron chi connectivity index (χ0n) is 10.3. The molecule has 0 fully saturated rings. The third-order valence-corrected chi connectivity index (χ3v) is 2.60. The third-order valence-electron chi connectivity index (χ3n) is 2.60. The van der Waals surface area contributed by atoms with Crippen molar-refractivity contribution in [3.05, 3.63) is 68.5 Å². The highest BCUT2D eigenvalue weighted by Crippen LogP contribution is 2.04. The number of nitrogens with zero attached hydrogens (tertiary/aromatic N) is 1. The number of amides is 1. The number of nitrogens with one attached hydrogen (secondary N) is 2. The van der Waals surface area contributed by atoms with E-state index in [1.54, 1.807) is 7.05 Å². The molecular formula is C13H13N3O3. The highest BCUT2D eigenvalue weighted by Gasteiger charge is 2.13. The van der Waals surface area contributed by atoms with Crippen LogP contribution in [0.4, 0.5) is 0 Å². The average molecular weight is 259 g/mol. The monoisotopic (exact) mass is 259 g/mol. The first-order chi connectivity index (χ1) is 9.06. The van der Waals surface area contributed by atoms with Crippen LogP contribution in [0.3, 0.4) is 0 Å². The van der Waals surface area contributed by atoms with Gasteiger partial charge >= 0.3 is 5.69 Å². The lowest BCUT2D eigenvalue weighted by molar-refractivity contribution is 0.0778. The van der Waals surface area contributed by atoms with Gasteiger partial charge in [-0.2, -0.15) is 0 Å². The topological polar surface area (TPSA) is 86.0 Å². The van der Waals surface area contributed by atoms with Crippen molar-refractivity contribution in [1.82, 2.24) is 14.9 Å². The number of hydrogen-bond donors (Lipinski definition) is 2. The fourth-order valence-electron chi connectivity index (χ4n) is 1.72. The molecular weight excluding hydrogens is 246 g/mol. The van der Waals surface area contributed by atoms with Crippen molar-refractivity contribution in [2.75, 3.05) is 7.05 Å². The minimum atomic E-state index is -0.691. The molecule has 6 nitrogen and oxygen atoms in total. The van der Waals surface area contributed by atoms with E-state index in [1.165, 1.54) is 4.90 Å². The molecule has 98 valence electrons. The van der Waals surface area contributed by atoms with Gasteiger partial charge in [0.2, 0.25) is 0 Å². The zero-order valence-corrected chi connectivity index (χ0v) is 10.3. The highest BCUT2D eigenvalue weighted by atomic mass is 16.2. The molecule has 0 saturated carbocycles. The molecule has 1 heterocycles. The number of benzene rings is 1. The Morgan fingerprint density at radius 2 is 1.84 bits per heavy atom. The van der Waals surface area contributed by atoms with Gasteiger partial charge in [0, 0.05) is 19.7 Å². The lowest BCUT2D eigenvalue weighted by Gasteiger charge is -2.16. The van der Waals surface area contributed by atoms with E-state index >= 15 is 0 Å². The SMILES string of the molecule is CN(Cc1ccccc1)C(=O)c1cc(=O)[nH]c(=O)[nH]1. The fraction of sp³-hybridized carbons (Fsp3) is 0.154. The number of H-pyrrole nitrogens is 2. The van der Waals surface area contributed by atoms with Gasteiger partial charge in [-0.15, -0.1) is 0 Å². The molecule has 2 N–H and O–H groups in total. The summed E-state index contributed by atoms with van der Waals surface area (Å²) in [6.07, 6.45) is 0. The van der Waals surface area contributed by atoms with E-state index in [0.29, 0.717) is 6.54 Å². The standard InChI is InChI=1S/C13H13N3O3/c1-16(8-9-5-3-2-4-6-9)12(18)10-7-11(17)15-13(19)14-10/h2-7H,8H2,1H3,(H2,14,15,17,19). The molecule has 0 spiro atoms. The van der Waals surface area contributed by atoms with Crippen LogP contribution < -0.4 is 11.2 Å². The number of rotatable bonds is 3. The second kappa shape index (κ2) is 5.34. The Morgan fingerprint density at radius 3 is 2.47 bits per heavy atom. The Balaban J connectivity index is 2.19. The Bertz CT molecular complexity index is 660. The maximum atomic E-state index is 12.1. The molecule has 0 atom stereocenters. The summed E-state index contributed by atoms with van der Waals surface area (Å²) >= 11 is 0. The van der Waals surface area contributed by atoms with Gasteiger partial charge in [-0.3, -0.25) is 14.6 Å². The molecule has 2 rings (SSSR count). The number of carbonyl (C=O) groups excluding carboxylic acids is 1. The summed E-state index contributed by atoms with van der Waals surface area (Å²) in [5.41, 5.74) is -0.345. The quantitative estimate of drug-likeness (QED) is 0.833. The van der Waals surface area contributed by atoms with E-state index < -0.39 is 17.2 Å². The van der Waals surface area contributed by atoms with Crippen LogP contribution in [0.5, 0.6) is 0 Å². The maximum absolute atomic E-state index is 12.1. The molecule has 1 aromatic heterocycles. The molecule has 1 amide bonds. The van der Waals surface area contributed by atoms with Crippen molar-refractivity contribution in [1.29, 1.82) is 0 Å². The number of aromatic amines is 2. The van der Waals surface area contributed by atoms with Crippen LogP contribution in [0, 0.1) is 0 Å². The van der Waals surface area contributed by atoms with Gasteiger partial charge in [0.15, 0.2) is 0 Å². The molecule has 1 aromatic carbocycles. The van der Waals surface area contributed by atoms with E-state index in [9.17, 15) is 14.4 Å². The van der Waals surface area contributed by atoms with Gasteiger partial charge < -0.3 is 9.88 Å². The Kier molecular flexibility index (Phi) is 3.61. The van der Waals surface area contributed by atoms with Crippen molar-refractivity contribution in [3.8, 4) is 0 Å². The van der Waals surface area contributed by atoms with Crippen LogP contribution in [-0.4, -0.2) is 27.8 Å².